The summed E-state index contributed by atoms with van der Waals surface area (Å²) in [5, 5.41) is 18.0. The lowest BCUT2D eigenvalue weighted by Gasteiger charge is -2.10. The van der Waals surface area contributed by atoms with E-state index in [-0.39, 0.29) is 6.61 Å². The molecule has 1 aromatic heterocycles. The number of aryl methyl sites for hydroxylation is 3. The van der Waals surface area contributed by atoms with Crippen LogP contribution in [0.4, 0.5) is 0 Å². The minimum Gasteiger partial charge on any atom is -0.390 e. The Labute approximate surface area is 130 Å². The molecule has 2 aromatic carbocycles. The molecule has 0 fully saturated rings. The first-order chi connectivity index (χ1) is 10.6. The van der Waals surface area contributed by atoms with Crippen molar-refractivity contribution in [3.05, 3.63) is 64.8 Å². The van der Waals surface area contributed by atoms with Crippen molar-refractivity contribution >= 4 is 0 Å². The second-order valence-corrected chi connectivity index (χ2v) is 5.67. The third-order valence-electron chi connectivity index (χ3n) is 3.63. The van der Waals surface area contributed by atoms with Gasteiger partial charge in [-0.2, -0.15) is 0 Å². The van der Waals surface area contributed by atoms with E-state index in [4.69, 9.17) is 0 Å². The van der Waals surface area contributed by atoms with Crippen LogP contribution in [0.2, 0.25) is 0 Å². The van der Waals surface area contributed by atoms with Crippen molar-refractivity contribution in [1.82, 2.24) is 15.0 Å². The molecule has 3 aromatic rings. The Kier molecular flexibility index (Phi) is 3.77. The summed E-state index contributed by atoms with van der Waals surface area (Å²) in [5.41, 5.74) is 6.91. The highest BCUT2D eigenvalue weighted by Crippen LogP contribution is 2.26. The van der Waals surface area contributed by atoms with E-state index < -0.39 is 0 Å². The Hall–Kier alpha value is -2.46. The number of rotatable bonds is 3. The third kappa shape index (κ3) is 2.65. The number of aromatic nitrogens is 3. The van der Waals surface area contributed by atoms with Crippen LogP contribution < -0.4 is 0 Å². The molecule has 0 radical (unpaired) electrons. The standard InChI is InChI=1S/C18H19N3O/c1-12-5-4-6-15(8-12)18-17(11-22)19-20-21(18)16-9-13(2)7-14(3)10-16/h4-10,22H,11H2,1-3H3. The Morgan fingerprint density at radius 2 is 1.68 bits per heavy atom. The molecular weight excluding hydrogens is 274 g/mol. The summed E-state index contributed by atoms with van der Waals surface area (Å²) in [6.07, 6.45) is 0. The molecule has 0 atom stereocenters. The van der Waals surface area contributed by atoms with Crippen molar-refractivity contribution in [3.63, 3.8) is 0 Å². The summed E-state index contributed by atoms with van der Waals surface area (Å²) in [4.78, 5) is 0. The number of aliphatic hydroxyl groups is 1. The lowest BCUT2D eigenvalue weighted by Crippen LogP contribution is -2.01. The fraction of sp³-hybridized carbons (Fsp3) is 0.222. The minimum atomic E-state index is -0.131. The number of aliphatic hydroxyl groups excluding tert-OH is 1. The summed E-state index contributed by atoms with van der Waals surface area (Å²) in [7, 11) is 0. The second-order valence-electron chi connectivity index (χ2n) is 5.67. The molecule has 0 amide bonds. The Bertz CT molecular complexity index is 801. The molecule has 4 heteroatoms. The average molecular weight is 293 g/mol. The van der Waals surface area contributed by atoms with Gasteiger partial charge in [0.2, 0.25) is 0 Å². The smallest absolute Gasteiger partial charge is 0.117 e. The molecule has 3 rings (SSSR count). The first-order valence-corrected chi connectivity index (χ1v) is 7.29. The van der Waals surface area contributed by atoms with Crippen LogP contribution in [0.3, 0.4) is 0 Å². The summed E-state index contributed by atoms with van der Waals surface area (Å²) < 4.78 is 1.81. The van der Waals surface area contributed by atoms with Gasteiger partial charge in [-0.3, -0.25) is 0 Å². The van der Waals surface area contributed by atoms with Gasteiger partial charge in [-0.15, -0.1) is 5.10 Å². The van der Waals surface area contributed by atoms with E-state index in [9.17, 15) is 5.11 Å². The van der Waals surface area contributed by atoms with Crippen molar-refractivity contribution in [1.29, 1.82) is 0 Å². The fourth-order valence-corrected chi connectivity index (χ4v) is 2.75. The van der Waals surface area contributed by atoms with E-state index in [1.807, 2.05) is 25.1 Å². The van der Waals surface area contributed by atoms with Crippen molar-refractivity contribution in [2.45, 2.75) is 27.4 Å². The van der Waals surface area contributed by atoms with Gasteiger partial charge in [-0.05, 0) is 50.1 Å². The molecule has 0 bridgehead atoms. The van der Waals surface area contributed by atoms with Crippen molar-refractivity contribution in [2.24, 2.45) is 0 Å². The van der Waals surface area contributed by atoms with Gasteiger partial charge in [0, 0.05) is 5.56 Å². The molecule has 0 aliphatic heterocycles. The first kappa shape index (κ1) is 14.5. The van der Waals surface area contributed by atoms with Gasteiger partial charge >= 0.3 is 0 Å². The van der Waals surface area contributed by atoms with Crippen molar-refractivity contribution in [3.8, 4) is 16.9 Å². The summed E-state index contributed by atoms with van der Waals surface area (Å²) >= 11 is 0. The largest absolute Gasteiger partial charge is 0.390 e. The molecule has 1 N–H and O–H groups in total. The summed E-state index contributed by atoms with van der Waals surface area (Å²) in [6.45, 7) is 6.04. The summed E-state index contributed by atoms with van der Waals surface area (Å²) in [5.74, 6) is 0. The molecular formula is C18H19N3O. The normalized spacial score (nSPS) is 10.9. The first-order valence-electron chi connectivity index (χ1n) is 7.29. The molecule has 1 heterocycles. The third-order valence-corrected chi connectivity index (χ3v) is 3.63. The number of hydrogen-bond acceptors (Lipinski definition) is 3. The second kappa shape index (κ2) is 5.73. The van der Waals surface area contributed by atoms with E-state index in [0.717, 1.165) is 22.5 Å². The van der Waals surface area contributed by atoms with Gasteiger partial charge in [0.15, 0.2) is 0 Å². The Morgan fingerprint density at radius 1 is 0.955 bits per heavy atom. The topological polar surface area (TPSA) is 50.9 Å². The SMILES string of the molecule is Cc1cccc(-c2c(CO)nnn2-c2cc(C)cc(C)c2)c1. The number of hydrogen-bond donors (Lipinski definition) is 1. The van der Waals surface area contributed by atoms with Crippen LogP contribution in [0.25, 0.3) is 16.9 Å². The van der Waals surface area contributed by atoms with E-state index in [0.29, 0.717) is 5.69 Å². The zero-order chi connectivity index (χ0) is 15.7. The van der Waals surface area contributed by atoms with Crippen LogP contribution in [-0.4, -0.2) is 20.1 Å². The maximum Gasteiger partial charge on any atom is 0.117 e. The van der Waals surface area contributed by atoms with E-state index in [1.54, 1.807) is 4.68 Å². The van der Waals surface area contributed by atoms with Crippen LogP contribution in [0, 0.1) is 20.8 Å². The van der Waals surface area contributed by atoms with E-state index in [1.165, 1.54) is 11.1 Å². The highest BCUT2D eigenvalue weighted by Gasteiger charge is 2.16. The van der Waals surface area contributed by atoms with Crippen molar-refractivity contribution < 1.29 is 5.11 Å². The van der Waals surface area contributed by atoms with Crippen molar-refractivity contribution in [2.75, 3.05) is 0 Å². The molecule has 0 aliphatic rings. The Morgan fingerprint density at radius 3 is 2.32 bits per heavy atom. The summed E-state index contributed by atoms with van der Waals surface area (Å²) in [6, 6.07) is 14.4. The minimum absolute atomic E-state index is 0.131. The van der Waals surface area contributed by atoms with Gasteiger partial charge in [0.25, 0.3) is 0 Å². The molecule has 0 saturated heterocycles. The number of benzene rings is 2. The molecule has 0 aliphatic carbocycles. The van der Waals surface area contributed by atoms with Crippen LogP contribution in [0.15, 0.2) is 42.5 Å². The quantitative estimate of drug-likeness (QED) is 0.805. The highest BCUT2D eigenvalue weighted by molar-refractivity contribution is 5.65. The predicted molar refractivity (Wildman–Crippen MR) is 86.9 cm³/mol. The van der Waals surface area contributed by atoms with Gasteiger partial charge in [-0.1, -0.05) is 35.0 Å². The van der Waals surface area contributed by atoms with Gasteiger partial charge in [0.05, 0.1) is 12.3 Å². The van der Waals surface area contributed by atoms with Crippen LogP contribution >= 0.6 is 0 Å². The van der Waals surface area contributed by atoms with Crippen LogP contribution in [-0.2, 0) is 6.61 Å². The molecule has 112 valence electrons. The predicted octanol–water partition coefficient (Wildman–Crippen LogP) is 3.35. The lowest BCUT2D eigenvalue weighted by atomic mass is 10.1. The van der Waals surface area contributed by atoms with Gasteiger partial charge in [0.1, 0.15) is 11.4 Å². The zero-order valence-corrected chi connectivity index (χ0v) is 13.0. The molecule has 22 heavy (non-hydrogen) atoms. The Balaban J connectivity index is 2.23. The molecule has 4 nitrogen and oxygen atoms in total. The lowest BCUT2D eigenvalue weighted by molar-refractivity contribution is 0.277. The molecule has 0 unspecified atom stereocenters. The fourth-order valence-electron chi connectivity index (χ4n) is 2.75. The van der Waals surface area contributed by atoms with Crippen LogP contribution in [0.1, 0.15) is 22.4 Å². The monoisotopic (exact) mass is 293 g/mol. The van der Waals surface area contributed by atoms with Crippen LogP contribution in [0.5, 0.6) is 0 Å². The van der Waals surface area contributed by atoms with E-state index >= 15 is 0 Å². The highest BCUT2D eigenvalue weighted by atomic mass is 16.3. The van der Waals surface area contributed by atoms with Gasteiger partial charge in [-0.25, -0.2) is 4.68 Å². The molecule has 0 spiro atoms. The molecule has 0 saturated carbocycles. The maximum atomic E-state index is 9.60. The zero-order valence-electron chi connectivity index (χ0n) is 13.0. The average Bonchev–Trinajstić information content (AvgIpc) is 2.90. The number of nitrogens with zero attached hydrogens (tertiary/aromatic N) is 3. The van der Waals surface area contributed by atoms with Gasteiger partial charge < -0.3 is 5.11 Å². The maximum absolute atomic E-state index is 9.60. The van der Waals surface area contributed by atoms with E-state index in [2.05, 4.69) is 48.4 Å².